The summed E-state index contributed by atoms with van der Waals surface area (Å²) in [7, 11) is 1.39. The Kier molecular flexibility index (Phi) is 4.25. The van der Waals surface area contributed by atoms with E-state index in [4.69, 9.17) is 4.74 Å². The van der Waals surface area contributed by atoms with E-state index in [1.165, 1.54) is 13.2 Å². The van der Waals surface area contributed by atoms with Crippen molar-refractivity contribution in [1.82, 2.24) is 4.98 Å². The van der Waals surface area contributed by atoms with Gasteiger partial charge in [-0.15, -0.1) is 0 Å². The van der Waals surface area contributed by atoms with E-state index in [-0.39, 0.29) is 11.4 Å². The van der Waals surface area contributed by atoms with Crippen LogP contribution in [-0.4, -0.2) is 12.1 Å². The zero-order valence-corrected chi connectivity index (χ0v) is 10.4. The number of nitrogens with zero attached hydrogens (tertiary/aromatic N) is 1. The third kappa shape index (κ3) is 2.42. The summed E-state index contributed by atoms with van der Waals surface area (Å²) in [6.45, 7) is 0. The molecule has 78 valence electrons. The predicted molar refractivity (Wildman–Crippen MR) is 56.1 cm³/mol. The third-order valence-electron chi connectivity index (χ3n) is 1.66. The highest BCUT2D eigenvalue weighted by Gasteiger charge is 2.17. The van der Waals surface area contributed by atoms with Crippen molar-refractivity contribution < 1.29 is 13.5 Å². The van der Waals surface area contributed by atoms with E-state index in [1.54, 1.807) is 0 Å². The van der Waals surface area contributed by atoms with Gasteiger partial charge in [0.25, 0.3) is 6.43 Å². The molecule has 0 aliphatic heterocycles. The van der Waals surface area contributed by atoms with Crippen LogP contribution < -0.4 is 4.74 Å². The highest BCUT2D eigenvalue weighted by atomic mass is 79.9. The molecular weight excluding hydrogens is 324 g/mol. The van der Waals surface area contributed by atoms with Crippen LogP contribution in [0.2, 0.25) is 0 Å². The number of halogens is 4. The van der Waals surface area contributed by atoms with Crippen molar-refractivity contribution in [3.05, 3.63) is 21.8 Å². The second-order valence-electron chi connectivity index (χ2n) is 2.46. The molecule has 1 rings (SSSR count). The van der Waals surface area contributed by atoms with Gasteiger partial charge in [-0.05, 0) is 15.9 Å². The Morgan fingerprint density at radius 3 is 2.64 bits per heavy atom. The van der Waals surface area contributed by atoms with Crippen LogP contribution in [0.15, 0.2) is 10.7 Å². The third-order valence-corrected chi connectivity index (χ3v) is 2.88. The molecule has 14 heavy (non-hydrogen) atoms. The number of rotatable bonds is 3. The fraction of sp³-hybridized carbons (Fsp3) is 0.375. The number of alkyl halides is 3. The van der Waals surface area contributed by atoms with Crippen molar-refractivity contribution in [2.75, 3.05) is 7.11 Å². The number of hydrogen-bond donors (Lipinski definition) is 0. The minimum atomic E-state index is -2.53. The SMILES string of the molecule is COc1cc(C(F)F)c(CBr)c(Br)n1. The van der Waals surface area contributed by atoms with Crippen LogP contribution in [-0.2, 0) is 5.33 Å². The monoisotopic (exact) mass is 329 g/mol. The van der Waals surface area contributed by atoms with Gasteiger partial charge >= 0.3 is 0 Å². The van der Waals surface area contributed by atoms with Crippen LogP contribution in [0.25, 0.3) is 0 Å². The number of ether oxygens (including phenoxy) is 1. The molecule has 0 spiro atoms. The normalized spacial score (nSPS) is 10.7. The summed E-state index contributed by atoms with van der Waals surface area (Å²) in [5.74, 6) is 0.178. The molecule has 0 aliphatic rings. The Hall–Kier alpha value is -0.230. The molecule has 0 unspecified atom stereocenters. The van der Waals surface area contributed by atoms with Crippen LogP contribution in [0.4, 0.5) is 8.78 Å². The molecule has 0 aliphatic carbocycles. The Morgan fingerprint density at radius 2 is 2.21 bits per heavy atom. The van der Waals surface area contributed by atoms with Crippen LogP contribution in [0.5, 0.6) is 5.88 Å². The van der Waals surface area contributed by atoms with Crippen molar-refractivity contribution in [3.8, 4) is 5.88 Å². The molecule has 0 aromatic carbocycles. The lowest BCUT2D eigenvalue weighted by molar-refractivity contribution is 0.150. The van der Waals surface area contributed by atoms with Crippen molar-refractivity contribution >= 4 is 31.9 Å². The molecule has 1 aromatic heterocycles. The summed E-state index contributed by atoms with van der Waals surface area (Å²) >= 11 is 6.24. The van der Waals surface area contributed by atoms with E-state index < -0.39 is 6.43 Å². The molecule has 1 aromatic rings. The number of pyridine rings is 1. The first-order valence-corrected chi connectivity index (χ1v) is 5.59. The molecule has 0 saturated heterocycles. The van der Waals surface area contributed by atoms with Crippen LogP contribution in [0.1, 0.15) is 17.6 Å². The molecule has 0 fully saturated rings. The van der Waals surface area contributed by atoms with E-state index in [9.17, 15) is 8.78 Å². The zero-order chi connectivity index (χ0) is 10.7. The fourth-order valence-corrected chi connectivity index (χ4v) is 2.48. The van der Waals surface area contributed by atoms with Gasteiger partial charge in [-0.2, -0.15) is 0 Å². The Bertz CT molecular complexity index is 333. The first kappa shape index (κ1) is 11.8. The van der Waals surface area contributed by atoms with E-state index in [0.29, 0.717) is 15.5 Å². The lowest BCUT2D eigenvalue weighted by atomic mass is 10.2. The standard InChI is InChI=1S/C8H7Br2F2NO/c1-14-6-2-4(8(11)12)5(3-9)7(10)13-6/h2,8H,3H2,1H3. The highest BCUT2D eigenvalue weighted by molar-refractivity contribution is 9.10. The van der Waals surface area contributed by atoms with Crippen LogP contribution >= 0.6 is 31.9 Å². The summed E-state index contributed by atoms with van der Waals surface area (Å²) < 4.78 is 30.3. The van der Waals surface area contributed by atoms with E-state index in [2.05, 4.69) is 36.8 Å². The number of hydrogen-bond acceptors (Lipinski definition) is 2. The molecule has 0 amide bonds. The van der Waals surface area contributed by atoms with Crippen LogP contribution in [0, 0.1) is 0 Å². The first-order valence-electron chi connectivity index (χ1n) is 3.67. The smallest absolute Gasteiger partial charge is 0.264 e. The van der Waals surface area contributed by atoms with Crippen LogP contribution in [0.3, 0.4) is 0 Å². The Balaban J connectivity index is 3.28. The van der Waals surface area contributed by atoms with Gasteiger partial charge in [0, 0.05) is 22.5 Å². The van der Waals surface area contributed by atoms with Gasteiger partial charge in [0.05, 0.1) is 7.11 Å². The molecule has 6 heteroatoms. The topological polar surface area (TPSA) is 22.1 Å². The van der Waals surface area contributed by atoms with Gasteiger partial charge < -0.3 is 4.74 Å². The van der Waals surface area contributed by atoms with Crippen molar-refractivity contribution in [1.29, 1.82) is 0 Å². The zero-order valence-electron chi connectivity index (χ0n) is 7.23. The average Bonchev–Trinajstić information content (AvgIpc) is 2.16. The lowest BCUT2D eigenvalue weighted by Gasteiger charge is -2.09. The second kappa shape index (κ2) is 5.02. The summed E-state index contributed by atoms with van der Waals surface area (Å²) in [5, 5.41) is 0.324. The maximum Gasteiger partial charge on any atom is 0.264 e. The van der Waals surface area contributed by atoms with E-state index in [1.807, 2.05) is 0 Å². The second-order valence-corrected chi connectivity index (χ2v) is 3.77. The fourth-order valence-electron chi connectivity index (χ4n) is 0.967. The first-order chi connectivity index (χ1) is 6.60. The van der Waals surface area contributed by atoms with Crippen molar-refractivity contribution in [3.63, 3.8) is 0 Å². The maximum absolute atomic E-state index is 12.6. The summed E-state index contributed by atoms with van der Waals surface area (Å²) in [6, 6.07) is 1.24. The molecule has 2 nitrogen and oxygen atoms in total. The largest absolute Gasteiger partial charge is 0.481 e. The molecule has 0 atom stereocenters. The van der Waals surface area contributed by atoms with Gasteiger partial charge in [0.1, 0.15) is 4.60 Å². The number of aromatic nitrogens is 1. The predicted octanol–water partition coefficient (Wildman–Crippen LogP) is 3.69. The Morgan fingerprint density at radius 1 is 1.57 bits per heavy atom. The molecule has 0 saturated carbocycles. The molecule has 0 N–H and O–H groups in total. The van der Waals surface area contributed by atoms with E-state index in [0.717, 1.165) is 0 Å². The molecule has 0 bridgehead atoms. The number of methoxy groups -OCH3 is 1. The van der Waals surface area contributed by atoms with Gasteiger partial charge in [-0.25, -0.2) is 13.8 Å². The van der Waals surface area contributed by atoms with Gasteiger partial charge in [-0.1, -0.05) is 15.9 Å². The summed E-state index contributed by atoms with van der Waals surface area (Å²) in [5.41, 5.74) is 0.376. The lowest BCUT2D eigenvalue weighted by Crippen LogP contribution is -1.98. The van der Waals surface area contributed by atoms with Gasteiger partial charge in [0.15, 0.2) is 0 Å². The minimum absolute atomic E-state index is 0.0689. The maximum atomic E-state index is 12.6. The van der Waals surface area contributed by atoms with Gasteiger partial charge in [-0.3, -0.25) is 0 Å². The quantitative estimate of drug-likeness (QED) is 0.623. The van der Waals surface area contributed by atoms with E-state index >= 15 is 0 Å². The highest BCUT2D eigenvalue weighted by Crippen LogP contribution is 2.31. The van der Waals surface area contributed by atoms with Crippen molar-refractivity contribution in [2.24, 2.45) is 0 Å². The molecule has 0 radical (unpaired) electrons. The summed E-state index contributed by atoms with van der Waals surface area (Å²) in [6.07, 6.45) is -2.53. The Labute approximate surface area is 96.9 Å². The van der Waals surface area contributed by atoms with Crippen molar-refractivity contribution in [2.45, 2.75) is 11.8 Å². The molecular formula is C8H7Br2F2NO. The average molecular weight is 331 g/mol. The summed E-state index contributed by atoms with van der Waals surface area (Å²) in [4.78, 5) is 3.94. The molecule has 1 heterocycles. The van der Waals surface area contributed by atoms with Gasteiger partial charge in [0.2, 0.25) is 5.88 Å². The minimum Gasteiger partial charge on any atom is -0.481 e.